The van der Waals surface area contributed by atoms with Crippen molar-refractivity contribution in [2.75, 3.05) is 81.0 Å². The minimum atomic E-state index is -0.747. The average molecular weight is 985 g/mol. The number of carbonyl (C=O) groups is 6. The molecule has 1 fully saturated rings. The molecule has 15 nitrogen and oxygen atoms in total. The lowest BCUT2D eigenvalue weighted by Gasteiger charge is -2.41. The number of thiocarbonyl (C=S) groups is 1. The van der Waals surface area contributed by atoms with Crippen molar-refractivity contribution < 1.29 is 52.5 Å². The molecule has 0 spiro atoms. The van der Waals surface area contributed by atoms with E-state index in [4.69, 9.17) is 35.9 Å². The fourth-order valence-electron chi connectivity index (χ4n) is 9.76. The van der Waals surface area contributed by atoms with Gasteiger partial charge < -0.3 is 38.4 Å². The number of likely N-dealkylation sites (tertiary alicyclic amines) is 1. The van der Waals surface area contributed by atoms with Gasteiger partial charge in [0.05, 0.1) is 89.4 Å². The fraction of sp³-hybridized carbons (Fsp3) is 0.717. The van der Waals surface area contributed by atoms with Crippen LogP contribution in [0.4, 0.5) is 0 Å². The van der Waals surface area contributed by atoms with Crippen molar-refractivity contribution in [2.45, 2.75) is 137 Å². The van der Waals surface area contributed by atoms with Crippen molar-refractivity contribution in [1.29, 1.82) is 0 Å². The quantitative estimate of drug-likeness (QED) is 0.0427. The van der Waals surface area contributed by atoms with Gasteiger partial charge in [-0.05, 0) is 60.3 Å². The molecule has 69 heavy (non-hydrogen) atoms. The predicted octanol–water partition coefficient (Wildman–Crippen LogP) is 6.38. The summed E-state index contributed by atoms with van der Waals surface area (Å²) in [6.07, 6.45) is 6.82. The number of hydrogen-bond donors (Lipinski definition) is 0. The third-order valence-corrected chi connectivity index (χ3v) is 14.5. The number of ether oxygens (including phenoxy) is 5. The van der Waals surface area contributed by atoms with E-state index in [2.05, 4.69) is 45.0 Å². The highest BCUT2D eigenvalue weighted by Crippen LogP contribution is 2.32. The smallest absolute Gasteiger partial charge is 0.253 e. The van der Waals surface area contributed by atoms with Crippen molar-refractivity contribution in [3.63, 3.8) is 0 Å². The van der Waals surface area contributed by atoms with Gasteiger partial charge in [-0.3, -0.25) is 33.7 Å². The van der Waals surface area contributed by atoms with Crippen LogP contribution in [-0.4, -0.2) is 171 Å². The summed E-state index contributed by atoms with van der Waals surface area (Å²) in [5.74, 6) is -2.49. The first-order chi connectivity index (χ1) is 32.9. The largest absolute Gasteiger partial charge is 0.379 e. The lowest BCUT2D eigenvalue weighted by molar-refractivity contribution is -0.149. The fourth-order valence-corrected chi connectivity index (χ4v) is 10.0. The van der Waals surface area contributed by atoms with E-state index in [0.717, 1.165) is 48.3 Å². The Bertz CT molecular complexity index is 1810. The Morgan fingerprint density at radius 1 is 0.783 bits per heavy atom. The van der Waals surface area contributed by atoms with Crippen LogP contribution >= 0.6 is 12.2 Å². The second-order valence-corrected chi connectivity index (χ2v) is 19.9. The van der Waals surface area contributed by atoms with Crippen molar-refractivity contribution >= 4 is 52.4 Å². The van der Waals surface area contributed by atoms with Crippen LogP contribution in [-0.2, 0) is 58.9 Å². The highest BCUT2D eigenvalue weighted by Gasteiger charge is 2.43. The number of hydrogen-bond acceptors (Lipinski definition) is 12. The van der Waals surface area contributed by atoms with Gasteiger partial charge in [0, 0.05) is 65.3 Å². The maximum absolute atomic E-state index is 14.7. The summed E-state index contributed by atoms with van der Waals surface area (Å²) >= 11 is 5.96. The van der Waals surface area contributed by atoms with Crippen LogP contribution in [0.2, 0.25) is 0 Å². The zero-order valence-electron chi connectivity index (χ0n) is 43.5. The van der Waals surface area contributed by atoms with Crippen molar-refractivity contribution in [2.24, 2.45) is 29.6 Å². The van der Waals surface area contributed by atoms with Crippen LogP contribution in [0.25, 0.3) is 0 Å². The molecule has 0 unspecified atom stereocenters. The van der Waals surface area contributed by atoms with Gasteiger partial charge in [0.15, 0.2) is 5.78 Å². The molecule has 0 N–H and O–H groups in total. The molecule has 5 amide bonds. The molecule has 0 saturated carbocycles. The topological polar surface area (TPSA) is 162 Å². The Kier molecular flexibility index (Phi) is 26.4. The number of likely N-dealkylation sites (N-methyl/N-ethyl adjacent to an activating group) is 2. The van der Waals surface area contributed by atoms with Crippen molar-refractivity contribution in [3.05, 3.63) is 48.0 Å². The summed E-state index contributed by atoms with van der Waals surface area (Å²) in [4.78, 5) is 87.0. The average Bonchev–Trinajstić information content (AvgIpc) is 3.94. The molecule has 0 radical (unpaired) electrons. The maximum Gasteiger partial charge on any atom is 0.253 e. The van der Waals surface area contributed by atoms with Crippen LogP contribution in [0.15, 0.2) is 42.5 Å². The first kappa shape index (κ1) is 59.4. The molecule has 388 valence electrons. The van der Waals surface area contributed by atoms with E-state index in [-0.39, 0.29) is 130 Å². The number of Topliss-reactive ketones (excluding diaryl/α,β-unsaturated/α-hetero) is 1. The number of aryl methyl sites for hydroxylation is 1. The predicted molar refractivity (Wildman–Crippen MR) is 270 cm³/mol. The van der Waals surface area contributed by atoms with Crippen LogP contribution in [0.3, 0.4) is 0 Å². The van der Waals surface area contributed by atoms with E-state index in [1.807, 2.05) is 38.7 Å². The third-order valence-electron chi connectivity index (χ3n) is 14.0. The number of methoxy groups -OCH3 is 2. The van der Waals surface area contributed by atoms with E-state index in [1.165, 1.54) is 22.6 Å². The third kappa shape index (κ3) is 18.0. The maximum atomic E-state index is 14.7. The zero-order chi connectivity index (χ0) is 51.2. The number of amides is 5. The van der Waals surface area contributed by atoms with E-state index in [1.54, 1.807) is 33.2 Å². The van der Waals surface area contributed by atoms with Gasteiger partial charge in [0.2, 0.25) is 17.7 Å². The summed E-state index contributed by atoms with van der Waals surface area (Å²) in [7, 11) is 6.67. The number of imide groups is 1. The highest BCUT2D eigenvalue weighted by atomic mass is 32.1. The number of carbonyl (C=O) groups excluding carboxylic acids is 6. The summed E-state index contributed by atoms with van der Waals surface area (Å²) in [5.41, 5.74) is 1.29. The number of rotatable bonds is 34. The first-order valence-electron chi connectivity index (χ1n) is 25.1. The van der Waals surface area contributed by atoms with E-state index >= 15 is 0 Å². The summed E-state index contributed by atoms with van der Waals surface area (Å²) in [6.45, 7) is 16.1. The molecule has 0 aliphatic carbocycles. The Labute approximate surface area is 418 Å². The molecule has 0 bridgehead atoms. The van der Waals surface area contributed by atoms with E-state index in [9.17, 15) is 28.8 Å². The molecule has 8 atom stereocenters. The Morgan fingerprint density at radius 3 is 1.96 bits per heavy atom. The van der Waals surface area contributed by atoms with Gasteiger partial charge in [-0.15, -0.1) is 0 Å². The molecule has 1 aromatic carbocycles. The molecular formula is C53H84N4O11S. The molecule has 0 aromatic heterocycles. The summed E-state index contributed by atoms with van der Waals surface area (Å²) < 4.78 is 28.9. The van der Waals surface area contributed by atoms with Gasteiger partial charge in [0.1, 0.15) is 0 Å². The molecule has 1 saturated heterocycles. The van der Waals surface area contributed by atoms with Crippen molar-refractivity contribution in [1.82, 2.24) is 19.6 Å². The van der Waals surface area contributed by atoms with Gasteiger partial charge in [-0.1, -0.05) is 97.4 Å². The summed E-state index contributed by atoms with van der Waals surface area (Å²) in [6, 6.07) is 9.06. The van der Waals surface area contributed by atoms with Crippen LogP contribution in [0.1, 0.15) is 105 Å². The monoisotopic (exact) mass is 985 g/mol. The van der Waals surface area contributed by atoms with Gasteiger partial charge >= 0.3 is 0 Å². The Hall–Kier alpha value is -3.93. The minimum Gasteiger partial charge on any atom is -0.379 e. The Balaban J connectivity index is 1.56. The van der Waals surface area contributed by atoms with Gasteiger partial charge in [-0.2, -0.15) is 0 Å². The lowest BCUT2D eigenvalue weighted by atomic mass is 9.83. The minimum absolute atomic E-state index is 0.0255. The number of ketones is 1. The SMILES string of the molecule is CC[C@H](C)[C@@H]([C@@H](CC(=O)N1CCC[C@H]1[C@H](OC)[C@@H](C)C(=S)CCCc1ccccc1)OC)N(C)C(=O)[C@@H](CC(=O)[C@H](C(C)C)N(C)C(=O)CCOCCOCCOCCN1C(=O)C=CC1=O)C(C)C. The molecule has 3 rings (SSSR count). The highest BCUT2D eigenvalue weighted by molar-refractivity contribution is 7.80. The first-order valence-corrected chi connectivity index (χ1v) is 25.5. The summed E-state index contributed by atoms with van der Waals surface area (Å²) in [5, 5.41) is 0. The molecule has 16 heteroatoms. The van der Waals surface area contributed by atoms with E-state index < -0.39 is 24.1 Å². The zero-order valence-corrected chi connectivity index (χ0v) is 44.3. The molecular weight excluding hydrogens is 901 g/mol. The molecule has 2 aliphatic rings. The van der Waals surface area contributed by atoms with Crippen LogP contribution in [0, 0.1) is 29.6 Å². The number of benzene rings is 1. The normalized spacial score (nSPS) is 18.1. The molecule has 2 aliphatic heterocycles. The van der Waals surface area contributed by atoms with Crippen molar-refractivity contribution in [3.8, 4) is 0 Å². The lowest BCUT2D eigenvalue weighted by Crippen LogP contribution is -2.54. The molecule has 1 aromatic rings. The van der Waals surface area contributed by atoms with E-state index in [0.29, 0.717) is 13.2 Å². The molecule has 2 heterocycles. The standard InChI is InChI=1S/C53H84N4O11S/c1-12-38(6)51(44(64-10)35-49(62)56-26-17-21-42(56)52(65-11)39(7)45(69)22-16-20-40-18-14-13-15-19-40)55(9)53(63)41(36(2)3)34-43(58)50(37(4)5)54(8)46(59)25-28-66-30-32-68-33-31-67-29-27-57-47(60)23-24-48(57)61/h13-15,18-19,23-24,36-39,41-42,44,50-52H,12,16-17,20-22,25-35H2,1-11H3/t38-,39-,41-,42-,44+,50-,51-,52+/m0/s1. The second-order valence-electron chi connectivity index (χ2n) is 19.4. The van der Waals surface area contributed by atoms with Crippen LogP contribution < -0.4 is 0 Å². The Morgan fingerprint density at radius 2 is 1.39 bits per heavy atom. The van der Waals surface area contributed by atoms with Crippen LogP contribution in [0.5, 0.6) is 0 Å². The van der Waals surface area contributed by atoms with Gasteiger partial charge in [-0.25, -0.2) is 0 Å². The number of nitrogens with zero attached hydrogens (tertiary/aromatic N) is 4. The van der Waals surface area contributed by atoms with Gasteiger partial charge in [0.25, 0.3) is 11.8 Å². The second kappa shape index (κ2) is 30.7.